The third-order valence-electron chi connectivity index (χ3n) is 13.7. The Hall–Kier alpha value is -5.60. The zero-order valence-corrected chi connectivity index (χ0v) is 42.5. The molecule has 2 aromatic rings. The van der Waals surface area contributed by atoms with E-state index in [1.165, 1.54) is 0 Å². The van der Waals surface area contributed by atoms with E-state index in [0.717, 1.165) is 134 Å². The van der Waals surface area contributed by atoms with Crippen molar-refractivity contribution < 1.29 is 28.6 Å². The second kappa shape index (κ2) is 31.7. The first-order valence-electron chi connectivity index (χ1n) is 26.5. The van der Waals surface area contributed by atoms with Gasteiger partial charge in [-0.1, -0.05) is 12.8 Å². The Bertz CT molecular complexity index is 1990. The van der Waals surface area contributed by atoms with Crippen LogP contribution in [-0.4, -0.2) is 116 Å². The minimum atomic E-state index is -0.561. The standard InChI is InChI=1S/C55H82N10O6/c1-5-8-11-18-35-69-48-38-42(39-49(70-36-19-12-9-6-2)51(48)71-37-20-13-10-7-3)53(68)59-30-17-15-14-16-21-47(66)46(58-4)40-50(67)60-45-28-33-65(34-29-45)55-62-52(41-22-24-43(56)25-23-41)61-54(63-55)64-31-26-44(57)27-32-64/h1-3,38-39,41,43-46,58H,8-37,40,56-57H2,4H3,(H,59,68)(H,60,67)/t41?,43?,46-/m0/s1. The molecule has 3 fully saturated rings. The minimum absolute atomic E-state index is 0.000906. The van der Waals surface area contributed by atoms with Crippen LogP contribution in [0.5, 0.6) is 17.2 Å². The molecule has 2 saturated heterocycles. The number of rotatable bonds is 31. The van der Waals surface area contributed by atoms with Crippen molar-refractivity contribution in [2.75, 3.05) is 69.4 Å². The molecule has 7 N–H and O–H groups in total. The lowest BCUT2D eigenvalue weighted by Gasteiger charge is -2.35. The fourth-order valence-corrected chi connectivity index (χ4v) is 9.23. The number of ketones is 1. The summed E-state index contributed by atoms with van der Waals surface area (Å²) in [5.74, 6) is 11.5. The topological polar surface area (TPSA) is 212 Å². The van der Waals surface area contributed by atoms with E-state index < -0.39 is 6.04 Å². The van der Waals surface area contributed by atoms with Crippen LogP contribution in [0.15, 0.2) is 12.1 Å². The maximum atomic E-state index is 13.5. The highest BCUT2D eigenvalue weighted by molar-refractivity contribution is 5.95. The molecule has 71 heavy (non-hydrogen) atoms. The lowest BCUT2D eigenvalue weighted by molar-refractivity contribution is -0.127. The number of nitrogens with one attached hydrogen (secondary N) is 3. The normalized spacial score (nSPS) is 17.9. The summed E-state index contributed by atoms with van der Waals surface area (Å²) in [6.45, 7) is 4.78. The number of nitrogens with two attached hydrogens (primary N) is 2. The third kappa shape index (κ3) is 19.5. The zero-order valence-electron chi connectivity index (χ0n) is 42.5. The van der Waals surface area contributed by atoms with Gasteiger partial charge in [0.25, 0.3) is 5.91 Å². The molecular weight excluding hydrogens is 897 g/mol. The molecule has 1 atom stereocenters. The molecule has 1 aliphatic carbocycles. The summed E-state index contributed by atoms with van der Waals surface area (Å²) in [5, 5.41) is 9.30. The summed E-state index contributed by atoms with van der Waals surface area (Å²) >= 11 is 0. The van der Waals surface area contributed by atoms with Crippen molar-refractivity contribution in [1.82, 2.24) is 30.9 Å². The van der Waals surface area contributed by atoms with Gasteiger partial charge in [-0.2, -0.15) is 15.0 Å². The average molecular weight is 979 g/mol. The fourth-order valence-electron chi connectivity index (χ4n) is 9.23. The second-order valence-corrected chi connectivity index (χ2v) is 19.3. The Morgan fingerprint density at radius 2 is 1.20 bits per heavy atom. The number of aromatic nitrogens is 3. The van der Waals surface area contributed by atoms with Crippen molar-refractivity contribution >= 4 is 29.5 Å². The molecule has 0 unspecified atom stereocenters. The summed E-state index contributed by atoms with van der Waals surface area (Å²) in [5.41, 5.74) is 12.9. The van der Waals surface area contributed by atoms with Gasteiger partial charge >= 0.3 is 0 Å². The summed E-state index contributed by atoms with van der Waals surface area (Å²) in [4.78, 5) is 59.5. The van der Waals surface area contributed by atoms with Crippen LogP contribution in [0.25, 0.3) is 0 Å². The molecule has 3 heterocycles. The van der Waals surface area contributed by atoms with Crippen molar-refractivity contribution in [2.45, 2.75) is 178 Å². The van der Waals surface area contributed by atoms with Crippen molar-refractivity contribution in [3.8, 4) is 54.3 Å². The number of likely N-dealkylation sites (N-methyl/N-ethyl adjacent to an activating group) is 1. The molecule has 1 aromatic carbocycles. The molecule has 2 amide bonds. The van der Waals surface area contributed by atoms with E-state index in [0.29, 0.717) is 100 Å². The molecule has 388 valence electrons. The van der Waals surface area contributed by atoms with E-state index in [4.69, 9.17) is 59.9 Å². The van der Waals surface area contributed by atoms with Gasteiger partial charge in [0.1, 0.15) is 11.6 Å². The number of carbonyl (C=O) groups is 3. The van der Waals surface area contributed by atoms with Gasteiger partial charge in [-0.05, 0) is 122 Å². The van der Waals surface area contributed by atoms with Crippen molar-refractivity contribution in [3.05, 3.63) is 23.5 Å². The Morgan fingerprint density at radius 1 is 0.676 bits per heavy atom. The average Bonchev–Trinajstić information content (AvgIpc) is 3.38. The van der Waals surface area contributed by atoms with E-state index in [-0.39, 0.29) is 48.1 Å². The lowest BCUT2D eigenvalue weighted by Crippen LogP contribution is -2.47. The Balaban J connectivity index is 1.04. The van der Waals surface area contributed by atoms with Crippen molar-refractivity contribution in [2.24, 2.45) is 11.5 Å². The van der Waals surface area contributed by atoms with Crippen LogP contribution in [0.2, 0.25) is 0 Å². The van der Waals surface area contributed by atoms with Crippen molar-refractivity contribution in [3.63, 3.8) is 0 Å². The molecule has 16 heteroatoms. The Morgan fingerprint density at radius 3 is 1.75 bits per heavy atom. The number of terminal acetylenes is 3. The van der Waals surface area contributed by atoms with Crippen molar-refractivity contribution in [1.29, 1.82) is 0 Å². The van der Waals surface area contributed by atoms with Gasteiger partial charge in [-0.3, -0.25) is 14.4 Å². The van der Waals surface area contributed by atoms with Gasteiger partial charge in [0.2, 0.25) is 23.6 Å². The number of hydrogen-bond acceptors (Lipinski definition) is 14. The molecule has 3 aliphatic rings. The van der Waals surface area contributed by atoms with Crippen LogP contribution >= 0.6 is 0 Å². The number of piperidine rings is 2. The SMILES string of the molecule is C#CCCCCOc1cc(C(=O)NCCCCCCC(=O)[C@H](CC(=O)NC2CCN(c3nc(C4CCC(N)CC4)nc(N4CCC(N)CC4)n3)CC2)NC)cc(OCCCCC#C)c1OCCCCC#C. The van der Waals surface area contributed by atoms with Gasteiger partial charge in [0.15, 0.2) is 11.5 Å². The lowest BCUT2D eigenvalue weighted by atomic mass is 9.86. The third-order valence-corrected chi connectivity index (χ3v) is 13.7. The number of anilines is 2. The van der Waals surface area contributed by atoms with Crippen LogP contribution in [0.3, 0.4) is 0 Å². The van der Waals surface area contributed by atoms with Gasteiger partial charge in [-0.25, -0.2) is 0 Å². The molecular formula is C55H82N10O6. The quantitative estimate of drug-likeness (QED) is 0.0412. The molecule has 1 aromatic heterocycles. The van der Waals surface area contributed by atoms with Crippen LogP contribution in [0.1, 0.15) is 170 Å². The van der Waals surface area contributed by atoms with E-state index in [1.54, 1.807) is 19.2 Å². The predicted octanol–water partition coefficient (Wildman–Crippen LogP) is 6.34. The van der Waals surface area contributed by atoms with Crippen LogP contribution in [-0.2, 0) is 9.59 Å². The number of unbranched alkanes of at least 4 members (excludes halogenated alkanes) is 9. The fraction of sp³-hybridized carbons (Fsp3) is 0.673. The van der Waals surface area contributed by atoms with Gasteiger partial charge in [-0.15, -0.1) is 37.0 Å². The van der Waals surface area contributed by atoms with Gasteiger partial charge in [0, 0.05) is 94.4 Å². The van der Waals surface area contributed by atoms with E-state index >= 15 is 0 Å². The number of amides is 2. The monoisotopic (exact) mass is 979 g/mol. The maximum absolute atomic E-state index is 13.5. The molecule has 0 spiro atoms. The highest BCUT2D eigenvalue weighted by Crippen LogP contribution is 2.40. The predicted molar refractivity (Wildman–Crippen MR) is 281 cm³/mol. The number of benzene rings is 1. The first-order chi connectivity index (χ1) is 34.6. The molecule has 0 bridgehead atoms. The highest BCUT2D eigenvalue weighted by Gasteiger charge is 2.30. The minimum Gasteiger partial charge on any atom is -0.490 e. The molecule has 0 radical (unpaired) electrons. The number of hydrogen-bond donors (Lipinski definition) is 5. The smallest absolute Gasteiger partial charge is 0.251 e. The summed E-state index contributed by atoms with van der Waals surface area (Å²) in [7, 11) is 1.73. The number of carbonyl (C=O) groups excluding carboxylic acids is 3. The number of Topliss-reactive ketones (excluding diaryl/α,β-unsaturated/α-hetero) is 1. The molecule has 1 saturated carbocycles. The highest BCUT2D eigenvalue weighted by atomic mass is 16.5. The summed E-state index contributed by atoms with van der Waals surface area (Å²) in [6.07, 6.45) is 33.8. The second-order valence-electron chi connectivity index (χ2n) is 19.3. The number of nitrogens with zero attached hydrogens (tertiary/aromatic N) is 5. The summed E-state index contributed by atoms with van der Waals surface area (Å²) in [6, 6.07) is 3.30. The molecule has 5 rings (SSSR count). The maximum Gasteiger partial charge on any atom is 0.251 e. The van der Waals surface area contributed by atoms with Crippen LogP contribution in [0.4, 0.5) is 11.9 Å². The van der Waals surface area contributed by atoms with Crippen LogP contribution < -0.4 is 51.4 Å². The van der Waals surface area contributed by atoms with E-state index in [1.807, 2.05) is 0 Å². The van der Waals surface area contributed by atoms with Gasteiger partial charge in [0.05, 0.1) is 25.9 Å². The Kier molecular flexibility index (Phi) is 25.1. The first-order valence-corrected chi connectivity index (χ1v) is 26.5. The largest absolute Gasteiger partial charge is 0.490 e. The van der Waals surface area contributed by atoms with Crippen LogP contribution in [0, 0.1) is 37.0 Å². The summed E-state index contributed by atoms with van der Waals surface area (Å²) < 4.78 is 18.6. The van der Waals surface area contributed by atoms with E-state index in [2.05, 4.69) is 43.5 Å². The van der Waals surface area contributed by atoms with E-state index in [9.17, 15) is 14.4 Å². The number of ether oxygens (including phenoxy) is 3. The zero-order chi connectivity index (χ0) is 50.6. The van der Waals surface area contributed by atoms with Gasteiger partial charge < -0.3 is 51.4 Å². The molecule has 2 aliphatic heterocycles. The first kappa shape index (κ1) is 56.3. The molecule has 16 nitrogen and oxygen atoms in total. The Labute approximate surface area is 424 Å².